The lowest BCUT2D eigenvalue weighted by Gasteiger charge is -2.33. The van der Waals surface area contributed by atoms with E-state index >= 15 is 0 Å². The molecule has 226 valence electrons. The molecular formula is C32H39F2N3O4S. The molecule has 3 aromatic rings. The normalized spacial score (nSPS) is 12.8. The summed E-state index contributed by atoms with van der Waals surface area (Å²) in [6.07, 6.45) is 2.02. The van der Waals surface area contributed by atoms with E-state index in [1.54, 1.807) is 4.90 Å². The van der Waals surface area contributed by atoms with E-state index < -0.39 is 27.7 Å². The Balaban J connectivity index is 1.90. The molecule has 0 unspecified atom stereocenters. The minimum Gasteiger partial charge on any atom is -0.352 e. The number of anilines is 1. The largest absolute Gasteiger partial charge is 0.352 e. The van der Waals surface area contributed by atoms with Crippen molar-refractivity contribution in [1.82, 2.24) is 10.2 Å². The molecule has 0 aliphatic rings. The van der Waals surface area contributed by atoms with Gasteiger partial charge < -0.3 is 10.2 Å². The molecule has 0 aromatic heterocycles. The van der Waals surface area contributed by atoms with Crippen molar-refractivity contribution in [3.8, 4) is 0 Å². The Morgan fingerprint density at radius 2 is 1.62 bits per heavy atom. The van der Waals surface area contributed by atoms with Gasteiger partial charge in [-0.25, -0.2) is 17.2 Å². The molecule has 0 saturated carbocycles. The topological polar surface area (TPSA) is 86.8 Å². The van der Waals surface area contributed by atoms with Crippen LogP contribution in [0.1, 0.15) is 49.8 Å². The van der Waals surface area contributed by atoms with Crippen molar-refractivity contribution >= 4 is 27.5 Å². The van der Waals surface area contributed by atoms with Crippen LogP contribution in [0.5, 0.6) is 0 Å². The fourth-order valence-electron chi connectivity index (χ4n) is 4.65. The molecule has 0 heterocycles. The third-order valence-electron chi connectivity index (χ3n) is 7.05. The van der Waals surface area contributed by atoms with E-state index in [9.17, 15) is 26.8 Å². The molecule has 0 saturated heterocycles. The average molecular weight is 600 g/mol. The van der Waals surface area contributed by atoms with Crippen molar-refractivity contribution in [1.29, 1.82) is 0 Å². The van der Waals surface area contributed by atoms with Crippen LogP contribution in [-0.2, 0) is 32.6 Å². The smallest absolute Gasteiger partial charge is 0.243 e. The second-order valence-electron chi connectivity index (χ2n) is 10.6. The van der Waals surface area contributed by atoms with Crippen LogP contribution in [0.2, 0.25) is 0 Å². The van der Waals surface area contributed by atoms with Crippen molar-refractivity contribution < 1.29 is 26.8 Å². The average Bonchev–Trinajstić information content (AvgIpc) is 2.94. The Morgan fingerprint density at radius 3 is 2.24 bits per heavy atom. The van der Waals surface area contributed by atoms with E-state index in [4.69, 9.17) is 0 Å². The number of halogens is 2. The molecule has 0 aliphatic carbocycles. The van der Waals surface area contributed by atoms with Crippen LogP contribution in [0.4, 0.5) is 14.5 Å². The molecule has 0 radical (unpaired) electrons. The van der Waals surface area contributed by atoms with E-state index in [2.05, 4.69) is 5.32 Å². The van der Waals surface area contributed by atoms with E-state index in [1.807, 2.05) is 75.4 Å². The van der Waals surface area contributed by atoms with Crippen LogP contribution in [0, 0.1) is 18.6 Å². The first kappa shape index (κ1) is 32.7. The number of carbonyl (C=O) groups excluding carboxylic acids is 2. The summed E-state index contributed by atoms with van der Waals surface area (Å²) in [4.78, 5) is 29.0. The molecule has 2 amide bonds. The van der Waals surface area contributed by atoms with Gasteiger partial charge in [-0.1, -0.05) is 67.1 Å². The highest BCUT2D eigenvalue weighted by Crippen LogP contribution is 2.22. The van der Waals surface area contributed by atoms with E-state index in [0.29, 0.717) is 6.42 Å². The number of benzene rings is 3. The lowest BCUT2D eigenvalue weighted by Crippen LogP contribution is -2.52. The van der Waals surface area contributed by atoms with Crippen molar-refractivity contribution in [2.45, 2.75) is 65.1 Å². The second kappa shape index (κ2) is 14.9. The first-order valence-corrected chi connectivity index (χ1v) is 15.9. The summed E-state index contributed by atoms with van der Waals surface area (Å²) in [5.41, 5.74) is 2.73. The SMILES string of the molecule is CC[C@H](C)NC(=O)[C@H](Cc1ccccc1)N(Cc1cccc(C)c1)C(=O)CCCN(c1ccc(F)c(F)c1)S(C)(=O)=O. The zero-order chi connectivity index (χ0) is 30.9. The number of aryl methyl sites for hydroxylation is 1. The van der Waals surface area contributed by atoms with E-state index in [1.165, 1.54) is 6.07 Å². The Bertz CT molecular complexity index is 1470. The number of hydrogen-bond donors (Lipinski definition) is 1. The molecule has 0 fully saturated rings. The van der Waals surface area contributed by atoms with Gasteiger partial charge in [0, 0.05) is 38.0 Å². The summed E-state index contributed by atoms with van der Waals surface area (Å²) in [6, 6.07) is 19.1. The molecule has 2 atom stereocenters. The third-order valence-corrected chi connectivity index (χ3v) is 8.24. The number of nitrogens with zero attached hydrogens (tertiary/aromatic N) is 2. The number of nitrogens with one attached hydrogen (secondary N) is 1. The fourth-order valence-corrected chi connectivity index (χ4v) is 5.60. The van der Waals surface area contributed by atoms with E-state index in [-0.39, 0.29) is 49.5 Å². The van der Waals surface area contributed by atoms with Crippen molar-refractivity contribution in [3.63, 3.8) is 0 Å². The van der Waals surface area contributed by atoms with Gasteiger partial charge in [0.05, 0.1) is 11.9 Å². The maximum absolute atomic E-state index is 13.9. The minimum atomic E-state index is -3.85. The van der Waals surface area contributed by atoms with Crippen LogP contribution < -0.4 is 9.62 Å². The van der Waals surface area contributed by atoms with Crippen LogP contribution in [-0.4, -0.2) is 50.0 Å². The molecule has 0 bridgehead atoms. The number of rotatable bonds is 14. The van der Waals surface area contributed by atoms with Gasteiger partial charge in [-0.2, -0.15) is 0 Å². The van der Waals surface area contributed by atoms with Crippen LogP contribution >= 0.6 is 0 Å². The van der Waals surface area contributed by atoms with E-state index in [0.717, 1.165) is 45.8 Å². The molecule has 3 aromatic carbocycles. The highest BCUT2D eigenvalue weighted by atomic mass is 32.2. The minimum absolute atomic E-state index is 0.0321. The van der Waals surface area contributed by atoms with Gasteiger partial charge in [0.15, 0.2) is 11.6 Å². The summed E-state index contributed by atoms with van der Waals surface area (Å²) in [6.45, 7) is 5.88. The highest BCUT2D eigenvalue weighted by molar-refractivity contribution is 7.92. The van der Waals surface area contributed by atoms with Gasteiger partial charge in [-0.15, -0.1) is 0 Å². The fraction of sp³-hybridized carbons (Fsp3) is 0.375. The van der Waals surface area contributed by atoms with Gasteiger partial charge in [-0.3, -0.25) is 13.9 Å². The summed E-state index contributed by atoms with van der Waals surface area (Å²) in [5.74, 6) is -2.85. The lowest BCUT2D eigenvalue weighted by atomic mass is 10.0. The number of amides is 2. The summed E-state index contributed by atoms with van der Waals surface area (Å²) < 4.78 is 53.3. The molecule has 42 heavy (non-hydrogen) atoms. The summed E-state index contributed by atoms with van der Waals surface area (Å²) in [7, 11) is -3.85. The highest BCUT2D eigenvalue weighted by Gasteiger charge is 2.31. The molecule has 0 aliphatic heterocycles. The standard InChI is InChI=1S/C32H39F2N3O4S/c1-5-24(3)35-32(39)30(20-25-12-7-6-8-13-25)36(22-26-14-9-11-23(2)19-26)31(38)15-10-18-37(42(4,40)41)27-16-17-28(33)29(34)21-27/h6-9,11-14,16-17,19,21,24,30H,5,10,15,18,20,22H2,1-4H3,(H,35,39)/t24-,30-/m0/s1. The maximum atomic E-state index is 13.9. The predicted octanol–water partition coefficient (Wildman–Crippen LogP) is 5.37. The maximum Gasteiger partial charge on any atom is 0.243 e. The van der Waals surface area contributed by atoms with Crippen LogP contribution in [0.25, 0.3) is 0 Å². The zero-order valence-electron chi connectivity index (χ0n) is 24.5. The van der Waals surface area contributed by atoms with Gasteiger partial charge >= 0.3 is 0 Å². The van der Waals surface area contributed by atoms with Gasteiger partial charge in [0.25, 0.3) is 0 Å². The Hall–Kier alpha value is -3.79. The first-order valence-electron chi connectivity index (χ1n) is 14.0. The van der Waals surface area contributed by atoms with Gasteiger partial charge in [0.2, 0.25) is 21.8 Å². The predicted molar refractivity (Wildman–Crippen MR) is 161 cm³/mol. The third kappa shape index (κ3) is 9.37. The molecule has 3 rings (SSSR count). The summed E-state index contributed by atoms with van der Waals surface area (Å²) in [5, 5.41) is 3.02. The zero-order valence-corrected chi connectivity index (χ0v) is 25.3. The number of carbonyl (C=O) groups is 2. The Labute approximate surface area is 247 Å². The van der Waals surface area contributed by atoms with Crippen molar-refractivity contribution in [3.05, 3.63) is 101 Å². The van der Waals surface area contributed by atoms with Crippen LogP contribution in [0.3, 0.4) is 0 Å². The molecule has 0 spiro atoms. The van der Waals surface area contributed by atoms with Crippen LogP contribution in [0.15, 0.2) is 72.8 Å². The lowest BCUT2D eigenvalue weighted by molar-refractivity contribution is -0.141. The molecule has 1 N–H and O–H groups in total. The van der Waals surface area contributed by atoms with Gasteiger partial charge in [0.1, 0.15) is 6.04 Å². The number of sulfonamides is 1. The monoisotopic (exact) mass is 599 g/mol. The Morgan fingerprint density at radius 1 is 0.929 bits per heavy atom. The Kier molecular flexibility index (Phi) is 11.6. The summed E-state index contributed by atoms with van der Waals surface area (Å²) >= 11 is 0. The second-order valence-corrected chi connectivity index (χ2v) is 12.5. The van der Waals surface area contributed by atoms with Crippen molar-refractivity contribution in [2.24, 2.45) is 0 Å². The van der Waals surface area contributed by atoms with Crippen molar-refractivity contribution in [2.75, 3.05) is 17.1 Å². The molecule has 10 heteroatoms. The quantitative estimate of drug-likeness (QED) is 0.270. The number of hydrogen-bond acceptors (Lipinski definition) is 4. The van der Waals surface area contributed by atoms with Gasteiger partial charge in [-0.05, 0) is 49.9 Å². The first-order chi connectivity index (χ1) is 19.9. The molecular weight excluding hydrogens is 560 g/mol. The molecule has 7 nitrogen and oxygen atoms in total.